The van der Waals surface area contributed by atoms with Crippen LogP contribution in [0.15, 0.2) is 36.4 Å². The Kier molecular flexibility index (Phi) is 5.40. The Balaban J connectivity index is 1.63. The van der Waals surface area contributed by atoms with Crippen molar-refractivity contribution >= 4 is 0 Å². The predicted molar refractivity (Wildman–Crippen MR) is 102 cm³/mol. The van der Waals surface area contributed by atoms with Gasteiger partial charge in [-0.1, -0.05) is 24.3 Å². The molecule has 1 heterocycles. The summed E-state index contributed by atoms with van der Waals surface area (Å²) in [6.07, 6.45) is -2.90. The van der Waals surface area contributed by atoms with Crippen LogP contribution in [0.1, 0.15) is 33.9 Å². The summed E-state index contributed by atoms with van der Waals surface area (Å²) in [7, 11) is 1.62. The molecule has 1 aliphatic heterocycles. The van der Waals surface area contributed by atoms with E-state index >= 15 is 0 Å². The van der Waals surface area contributed by atoms with E-state index < -0.39 is 37.1 Å². The van der Waals surface area contributed by atoms with Crippen LogP contribution in [0.4, 0.5) is 0 Å². The summed E-state index contributed by atoms with van der Waals surface area (Å²) in [6, 6.07) is 12.0. The first-order valence-electron chi connectivity index (χ1n) is 9.60. The van der Waals surface area contributed by atoms with E-state index in [0.29, 0.717) is 12.0 Å². The summed E-state index contributed by atoms with van der Waals surface area (Å²) in [5.41, 5.74) is 5.59. The molecule has 0 unspecified atom stereocenters. The summed E-state index contributed by atoms with van der Waals surface area (Å²) in [5, 5.41) is 39.9. The highest BCUT2D eigenvalue weighted by Crippen LogP contribution is 2.35. The number of hydrogen-bond acceptors (Lipinski definition) is 6. The molecule has 0 radical (unpaired) electrons. The lowest BCUT2D eigenvalue weighted by Gasteiger charge is -2.40. The van der Waals surface area contributed by atoms with Crippen LogP contribution in [-0.2, 0) is 24.0 Å². The quantitative estimate of drug-likeness (QED) is 0.609. The zero-order valence-corrected chi connectivity index (χ0v) is 15.8. The second-order valence-electron chi connectivity index (χ2n) is 7.60. The highest BCUT2D eigenvalue weighted by atomic mass is 16.5. The first kappa shape index (κ1) is 19.4. The van der Waals surface area contributed by atoms with Crippen molar-refractivity contribution in [2.75, 3.05) is 13.7 Å². The lowest BCUT2D eigenvalue weighted by atomic mass is 9.86. The normalized spacial score (nSPS) is 29.1. The minimum atomic E-state index is -1.39. The van der Waals surface area contributed by atoms with E-state index in [9.17, 15) is 20.4 Å². The number of aliphatic hydroxyl groups is 4. The van der Waals surface area contributed by atoms with E-state index in [0.717, 1.165) is 24.2 Å². The molecule has 6 heteroatoms. The van der Waals surface area contributed by atoms with Crippen LogP contribution in [-0.4, -0.2) is 58.6 Å². The maximum absolute atomic E-state index is 10.4. The van der Waals surface area contributed by atoms with Gasteiger partial charge in [0.2, 0.25) is 0 Å². The molecule has 2 aromatic carbocycles. The fourth-order valence-electron chi connectivity index (χ4n) is 4.07. The van der Waals surface area contributed by atoms with Gasteiger partial charge in [-0.3, -0.25) is 0 Å². The van der Waals surface area contributed by atoms with Crippen molar-refractivity contribution in [2.24, 2.45) is 0 Å². The van der Waals surface area contributed by atoms with Gasteiger partial charge < -0.3 is 29.9 Å². The third-order valence-corrected chi connectivity index (χ3v) is 5.85. The average molecular weight is 386 g/mol. The van der Waals surface area contributed by atoms with Crippen LogP contribution in [0, 0.1) is 0 Å². The molecule has 0 spiro atoms. The molecule has 0 aromatic heterocycles. The maximum atomic E-state index is 10.4. The molecular weight excluding hydrogens is 360 g/mol. The Labute approximate surface area is 164 Å². The monoisotopic (exact) mass is 386 g/mol. The minimum absolute atomic E-state index is 0.445. The molecule has 1 saturated heterocycles. The number of ether oxygens (including phenoxy) is 2. The molecule has 28 heavy (non-hydrogen) atoms. The van der Waals surface area contributed by atoms with Gasteiger partial charge >= 0.3 is 0 Å². The second-order valence-corrected chi connectivity index (χ2v) is 7.60. The van der Waals surface area contributed by atoms with E-state index in [1.165, 1.54) is 16.7 Å². The fraction of sp³-hybridized carbons (Fsp3) is 0.455. The molecule has 1 fully saturated rings. The van der Waals surface area contributed by atoms with E-state index in [1.54, 1.807) is 13.2 Å². The summed E-state index contributed by atoms with van der Waals surface area (Å²) in [5.74, 6) is 0.732. The molecule has 1 aliphatic carbocycles. The summed E-state index contributed by atoms with van der Waals surface area (Å²) < 4.78 is 11.2. The van der Waals surface area contributed by atoms with Crippen LogP contribution in [0.3, 0.4) is 0 Å². The van der Waals surface area contributed by atoms with E-state index in [-0.39, 0.29) is 0 Å². The maximum Gasteiger partial charge on any atom is 0.122 e. The van der Waals surface area contributed by atoms with Gasteiger partial charge in [0.1, 0.15) is 36.3 Å². The summed E-state index contributed by atoms with van der Waals surface area (Å²) in [6.45, 7) is -0.445. The highest BCUT2D eigenvalue weighted by molar-refractivity contribution is 5.45. The molecule has 5 atom stereocenters. The molecule has 0 saturated carbocycles. The largest absolute Gasteiger partial charge is 0.496 e. The first-order valence-corrected chi connectivity index (χ1v) is 9.60. The molecular formula is C22H26O6. The number of hydrogen-bond donors (Lipinski definition) is 4. The third-order valence-electron chi connectivity index (χ3n) is 5.85. The van der Waals surface area contributed by atoms with Crippen molar-refractivity contribution in [1.29, 1.82) is 0 Å². The second kappa shape index (κ2) is 7.81. The van der Waals surface area contributed by atoms with E-state index in [2.05, 4.69) is 18.2 Å². The Morgan fingerprint density at radius 1 is 0.964 bits per heavy atom. The number of aryl methyl sites for hydroxylation is 2. The van der Waals surface area contributed by atoms with Crippen LogP contribution < -0.4 is 4.74 Å². The SMILES string of the molecule is COc1ccc([C@@H]2O[C@H](CO)[C@@H](O)[C@H](O)[C@H]2O)cc1Cc1ccc2c(c1)CC2. The topological polar surface area (TPSA) is 99.4 Å². The van der Waals surface area contributed by atoms with Gasteiger partial charge in [-0.15, -0.1) is 0 Å². The number of methoxy groups -OCH3 is 1. The first-order chi connectivity index (χ1) is 13.5. The van der Waals surface area contributed by atoms with Crippen molar-refractivity contribution in [2.45, 2.75) is 49.8 Å². The summed E-state index contributed by atoms with van der Waals surface area (Å²) in [4.78, 5) is 0. The number of fused-ring (bicyclic) bond motifs is 1. The standard InChI is InChI=1S/C22H26O6/c1-27-17-7-6-15(22-21(26)20(25)19(24)18(11-23)28-22)10-16(17)9-12-2-3-13-4-5-14(13)8-12/h2-3,6-8,10,18-26H,4-5,9,11H2,1H3/t18-,19-,20+,21-,22+/m1/s1. The lowest BCUT2D eigenvalue weighted by Crippen LogP contribution is -2.55. The number of benzene rings is 2. The van der Waals surface area contributed by atoms with Gasteiger partial charge in [0.15, 0.2) is 0 Å². The smallest absolute Gasteiger partial charge is 0.122 e. The average Bonchev–Trinajstić information content (AvgIpc) is 2.68. The molecule has 2 aliphatic rings. The van der Waals surface area contributed by atoms with Crippen molar-refractivity contribution in [3.63, 3.8) is 0 Å². The third kappa shape index (κ3) is 3.43. The van der Waals surface area contributed by atoms with Crippen LogP contribution >= 0.6 is 0 Å². The Morgan fingerprint density at radius 2 is 1.75 bits per heavy atom. The van der Waals surface area contributed by atoms with Crippen LogP contribution in [0.5, 0.6) is 5.75 Å². The predicted octanol–water partition coefficient (Wildman–Crippen LogP) is 0.899. The van der Waals surface area contributed by atoms with Gasteiger partial charge in [-0.25, -0.2) is 0 Å². The molecule has 0 bridgehead atoms. The highest BCUT2D eigenvalue weighted by Gasteiger charge is 2.44. The van der Waals surface area contributed by atoms with E-state index in [1.807, 2.05) is 12.1 Å². The number of rotatable bonds is 5. The zero-order chi connectivity index (χ0) is 19.8. The molecule has 0 amide bonds. The Morgan fingerprint density at radius 3 is 2.39 bits per heavy atom. The van der Waals surface area contributed by atoms with Crippen molar-refractivity contribution in [1.82, 2.24) is 0 Å². The Bertz CT molecular complexity index is 849. The van der Waals surface area contributed by atoms with Crippen molar-refractivity contribution in [3.8, 4) is 5.75 Å². The Hall–Kier alpha value is -1.96. The molecule has 4 rings (SSSR count). The van der Waals surface area contributed by atoms with Gasteiger partial charge in [-0.05, 0) is 52.8 Å². The molecule has 4 N–H and O–H groups in total. The van der Waals surface area contributed by atoms with Gasteiger partial charge in [-0.2, -0.15) is 0 Å². The minimum Gasteiger partial charge on any atom is -0.496 e. The fourth-order valence-corrected chi connectivity index (χ4v) is 4.07. The summed E-state index contributed by atoms with van der Waals surface area (Å²) >= 11 is 0. The number of aliphatic hydroxyl groups excluding tert-OH is 4. The molecule has 6 nitrogen and oxygen atoms in total. The van der Waals surface area contributed by atoms with E-state index in [4.69, 9.17) is 9.47 Å². The van der Waals surface area contributed by atoms with Crippen LogP contribution in [0.25, 0.3) is 0 Å². The molecule has 150 valence electrons. The molecule has 2 aromatic rings. The van der Waals surface area contributed by atoms with Crippen molar-refractivity contribution < 1.29 is 29.9 Å². The van der Waals surface area contributed by atoms with Crippen molar-refractivity contribution in [3.05, 3.63) is 64.2 Å². The zero-order valence-electron chi connectivity index (χ0n) is 15.8. The lowest BCUT2D eigenvalue weighted by molar-refractivity contribution is -0.231. The van der Waals surface area contributed by atoms with Gasteiger partial charge in [0, 0.05) is 6.42 Å². The van der Waals surface area contributed by atoms with Gasteiger partial charge in [0.05, 0.1) is 13.7 Å². The van der Waals surface area contributed by atoms with Gasteiger partial charge in [0.25, 0.3) is 0 Å². The van der Waals surface area contributed by atoms with Crippen LogP contribution in [0.2, 0.25) is 0 Å².